The number of carbonyl (C=O) groups is 2. The maximum Gasteiger partial charge on any atom is 0.303 e. The third-order valence-corrected chi connectivity index (χ3v) is 1.16. The van der Waals surface area contributed by atoms with Crippen molar-refractivity contribution in [3.8, 4) is 0 Å². The first-order valence-electron chi connectivity index (χ1n) is 3.58. The number of amides is 1. The van der Waals surface area contributed by atoms with E-state index in [0.29, 0.717) is 13.1 Å². The molecule has 0 rings (SSSR count). The Morgan fingerprint density at radius 1 is 1.25 bits per heavy atom. The van der Waals surface area contributed by atoms with Gasteiger partial charge in [-0.05, 0) is 0 Å². The predicted octanol–water partition coefficient (Wildman–Crippen LogP) is -1.57. The molecular weight excluding hydrogens is 162 g/mol. The number of hydrogen-bond donors (Lipinski definition) is 4. The van der Waals surface area contributed by atoms with Gasteiger partial charge in [0.1, 0.15) is 0 Å². The smallest absolute Gasteiger partial charge is 0.303 e. The third kappa shape index (κ3) is 6.97. The van der Waals surface area contributed by atoms with Gasteiger partial charge >= 0.3 is 5.97 Å². The molecule has 0 aromatic heterocycles. The Hall–Kier alpha value is -1.14. The highest BCUT2D eigenvalue weighted by molar-refractivity contribution is 5.80. The van der Waals surface area contributed by atoms with Gasteiger partial charge in [0, 0.05) is 19.5 Å². The molecule has 0 aliphatic heterocycles. The lowest BCUT2D eigenvalue weighted by Crippen LogP contribution is -2.34. The van der Waals surface area contributed by atoms with Crippen LogP contribution in [0.2, 0.25) is 0 Å². The van der Waals surface area contributed by atoms with Gasteiger partial charge in [0.05, 0.1) is 6.42 Å². The zero-order valence-corrected chi connectivity index (χ0v) is 6.67. The standard InChI is InChI=1S/C6H13N3O3/c7-9-4-3-8-5(10)1-2-6(11)12/h9H,1-4,7H2,(H,8,10)(H,11,12). The van der Waals surface area contributed by atoms with E-state index in [1.807, 2.05) is 0 Å². The molecule has 0 radical (unpaired) electrons. The molecule has 0 aliphatic rings. The molecule has 5 N–H and O–H groups in total. The van der Waals surface area contributed by atoms with Gasteiger partial charge < -0.3 is 10.4 Å². The van der Waals surface area contributed by atoms with Crippen LogP contribution in [0.15, 0.2) is 0 Å². The number of carboxylic acid groups (broad SMARTS) is 1. The Labute approximate surface area is 70.1 Å². The predicted molar refractivity (Wildman–Crippen MR) is 42.1 cm³/mol. The summed E-state index contributed by atoms with van der Waals surface area (Å²) in [5.41, 5.74) is 2.36. The molecule has 0 saturated heterocycles. The number of nitrogens with two attached hydrogens (primary N) is 1. The monoisotopic (exact) mass is 175 g/mol. The number of nitrogens with one attached hydrogen (secondary N) is 2. The minimum Gasteiger partial charge on any atom is -0.481 e. The van der Waals surface area contributed by atoms with Crippen LogP contribution < -0.4 is 16.6 Å². The van der Waals surface area contributed by atoms with Gasteiger partial charge in [-0.3, -0.25) is 20.9 Å². The van der Waals surface area contributed by atoms with Gasteiger partial charge in [-0.15, -0.1) is 0 Å². The maximum atomic E-state index is 10.8. The van der Waals surface area contributed by atoms with Crippen LogP contribution in [0, 0.1) is 0 Å². The highest BCUT2D eigenvalue weighted by atomic mass is 16.4. The zero-order valence-electron chi connectivity index (χ0n) is 6.67. The Morgan fingerprint density at radius 2 is 1.92 bits per heavy atom. The highest BCUT2D eigenvalue weighted by Gasteiger charge is 2.03. The van der Waals surface area contributed by atoms with Crippen molar-refractivity contribution in [2.75, 3.05) is 13.1 Å². The van der Waals surface area contributed by atoms with E-state index in [9.17, 15) is 9.59 Å². The van der Waals surface area contributed by atoms with Gasteiger partial charge in [0.25, 0.3) is 0 Å². The summed E-state index contributed by atoms with van der Waals surface area (Å²) in [6, 6.07) is 0. The number of hydrazine groups is 1. The number of hydrogen-bond acceptors (Lipinski definition) is 4. The van der Waals surface area contributed by atoms with Crippen molar-refractivity contribution in [1.29, 1.82) is 0 Å². The van der Waals surface area contributed by atoms with E-state index in [-0.39, 0.29) is 18.7 Å². The summed E-state index contributed by atoms with van der Waals surface area (Å²) in [6.45, 7) is 0.883. The van der Waals surface area contributed by atoms with Gasteiger partial charge in [0.2, 0.25) is 5.91 Å². The first kappa shape index (κ1) is 10.9. The largest absolute Gasteiger partial charge is 0.481 e. The summed E-state index contributed by atoms with van der Waals surface area (Å²) >= 11 is 0. The summed E-state index contributed by atoms with van der Waals surface area (Å²) in [7, 11) is 0. The lowest BCUT2D eigenvalue weighted by atomic mass is 10.3. The molecule has 0 aliphatic carbocycles. The van der Waals surface area contributed by atoms with Crippen LogP contribution >= 0.6 is 0 Å². The summed E-state index contributed by atoms with van der Waals surface area (Å²) in [4.78, 5) is 20.8. The van der Waals surface area contributed by atoms with Crippen molar-refractivity contribution in [2.24, 2.45) is 5.84 Å². The topological polar surface area (TPSA) is 104 Å². The minimum absolute atomic E-state index is 0.0138. The summed E-state index contributed by atoms with van der Waals surface area (Å²) in [5, 5.41) is 10.7. The summed E-state index contributed by atoms with van der Waals surface area (Å²) in [5.74, 6) is 3.70. The average Bonchev–Trinajstić information content (AvgIpc) is 2.01. The lowest BCUT2D eigenvalue weighted by Gasteiger charge is -2.02. The SMILES string of the molecule is NNCCNC(=O)CCC(=O)O. The molecule has 0 fully saturated rings. The quantitative estimate of drug-likeness (QED) is 0.222. The van der Waals surface area contributed by atoms with Gasteiger partial charge in [0.15, 0.2) is 0 Å². The highest BCUT2D eigenvalue weighted by Crippen LogP contribution is 1.87. The molecule has 0 aromatic carbocycles. The summed E-state index contributed by atoms with van der Waals surface area (Å²) < 4.78 is 0. The molecule has 0 unspecified atom stereocenters. The normalized spacial score (nSPS) is 9.42. The second-order valence-electron chi connectivity index (χ2n) is 2.20. The van der Waals surface area contributed by atoms with Gasteiger partial charge in [-0.1, -0.05) is 0 Å². The van der Waals surface area contributed by atoms with Crippen LogP contribution in [-0.2, 0) is 9.59 Å². The number of carboxylic acids is 1. The van der Waals surface area contributed by atoms with Crippen molar-refractivity contribution in [1.82, 2.24) is 10.7 Å². The Kier molecular flexibility index (Phi) is 5.94. The zero-order chi connectivity index (χ0) is 9.40. The minimum atomic E-state index is -0.970. The Bertz CT molecular complexity index is 160. The second-order valence-corrected chi connectivity index (χ2v) is 2.20. The van der Waals surface area contributed by atoms with Gasteiger partial charge in [-0.25, -0.2) is 0 Å². The van der Waals surface area contributed by atoms with Crippen molar-refractivity contribution in [2.45, 2.75) is 12.8 Å². The Morgan fingerprint density at radius 3 is 2.42 bits per heavy atom. The first-order chi connectivity index (χ1) is 5.66. The van der Waals surface area contributed by atoms with Crippen LogP contribution in [0.3, 0.4) is 0 Å². The maximum absolute atomic E-state index is 10.8. The molecule has 0 atom stereocenters. The third-order valence-electron chi connectivity index (χ3n) is 1.16. The number of aliphatic carboxylic acids is 1. The molecule has 6 nitrogen and oxygen atoms in total. The van der Waals surface area contributed by atoms with Crippen molar-refractivity contribution in [3.63, 3.8) is 0 Å². The number of carbonyl (C=O) groups excluding carboxylic acids is 1. The fourth-order valence-electron chi connectivity index (χ4n) is 0.583. The van der Waals surface area contributed by atoms with E-state index in [1.54, 1.807) is 0 Å². The number of rotatable bonds is 6. The molecule has 0 spiro atoms. The van der Waals surface area contributed by atoms with Crippen LogP contribution in [0.1, 0.15) is 12.8 Å². The molecule has 0 bridgehead atoms. The van der Waals surface area contributed by atoms with E-state index >= 15 is 0 Å². The van der Waals surface area contributed by atoms with Crippen molar-refractivity contribution < 1.29 is 14.7 Å². The van der Waals surface area contributed by atoms with E-state index in [4.69, 9.17) is 10.9 Å². The molecular formula is C6H13N3O3. The first-order valence-corrected chi connectivity index (χ1v) is 3.58. The van der Waals surface area contributed by atoms with Crippen LogP contribution in [-0.4, -0.2) is 30.1 Å². The molecule has 12 heavy (non-hydrogen) atoms. The van der Waals surface area contributed by atoms with Gasteiger partial charge in [-0.2, -0.15) is 0 Å². The fraction of sp³-hybridized carbons (Fsp3) is 0.667. The average molecular weight is 175 g/mol. The van der Waals surface area contributed by atoms with Crippen LogP contribution in [0.25, 0.3) is 0 Å². The molecule has 1 amide bonds. The van der Waals surface area contributed by atoms with Crippen molar-refractivity contribution >= 4 is 11.9 Å². The van der Waals surface area contributed by atoms with E-state index < -0.39 is 5.97 Å². The second kappa shape index (κ2) is 6.56. The van der Waals surface area contributed by atoms with E-state index in [1.165, 1.54) is 0 Å². The van der Waals surface area contributed by atoms with Crippen LogP contribution in [0.4, 0.5) is 0 Å². The molecule has 70 valence electrons. The Balaban J connectivity index is 3.28. The molecule has 0 saturated carbocycles. The fourth-order valence-corrected chi connectivity index (χ4v) is 0.583. The molecule has 0 heterocycles. The van der Waals surface area contributed by atoms with E-state index in [2.05, 4.69) is 10.7 Å². The molecule has 6 heteroatoms. The summed E-state index contributed by atoms with van der Waals surface area (Å²) in [6.07, 6.45) is -0.123. The van der Waals surface area contributed by atoms with E-state index in [0.717, 1.165) is 0 Å². The lowest BCUT2D eigenvalue weighted by molar-refractivity contribution is -0.138. The van der Waals surface area contributed by atoms with Crippen molar-refractivity contribution in [3.05, 3.63) is 0 Å². The van der Waals surface area contributed by atoms with Crippen LogP contribution in [0.5, 0.6) is 0 Å². The molecule has 0 aromatic rings.